The van der Waals surface area contributed by atoms with Gasteiger partial charge in [-0.15, -0.1) is 0 Å². The van der Waals surface area contributed by atoms with E-state index in [0.29, 0.717) is 11.8 Å². The fourth-order valence-corrected chi connectivity index (χ4v) is 2.84. The predicted molar refractivity (Wildman–Crippen MR) is 47.6 cm³/mol. The second-order valence-corrected chi connectivity index (χ2v) is 4.27. The third kappa shape index (κ3) is 0.765. The molecule has 0 spiro atoms. The summed E-state index contributed by atoms with van der Waals surface area (Å²) >= 11 is 0. The summed E-state index contributed by atoms with van der Waals surface area (Å²) in [4.78, 5) is 11.3. The van der Waals surface area contributed by atoms with Gasteiger partial charge in [0.05, 0.1) is 0 Å². The summed E-state index contributed by atoms with van der Waals surface area (Å²) in [6, 6.07) is 0. The normalized spacial score (nSPS) is 45.7. The molecule has 0 aromatic rings. The number of rotatable bonds is 1. The van der Waals surface area contributed by atoms with E-state index < -0.39 is 5.54 Å². The second-order valence-electron chi connectivity index (χ2n) is 4.27. The summed E-state index contributed by atoms with van der Waals surface area (Å²) in [6.07, 6.45) is 2.86. The number of hydrogen-bond donors (Lipinski definition) is 3. The van der Waals surface area contributed by atoms with Gasteiger partial charge in [-0.25, -0.2) is 0 Å². The van der Waals surface area contributed by atoms with Crippen LogP contribution in [0.15, 0.2) is 11.8 Å². The molecule has 3 unspecified atom stereocenters. The van der Waals surface area contributed by atoms with E-state index in [1.807, 2.05) is 6.08 Å². The molecule has 0 aromatic carbocycles. The highest BCUT2D eigenvalue weighted by molar-refractivity contribution is 5.88. The first-order chi connectivity index (χ1) is 6.21. The van der Waals surface area contributed by atoms with Crippen LogP contribution >= 0.6 is 0 Å². The molecule has 13 heavy (non-hydrogen) atoms. The lowest BCUT2D eigenvalue weighted by Gasteiger charge is -2.43. The third-order valence-electron chi connectivity index (χ3n) is 3.60. The zero-order valence-corrected chi connectivity index (χ0v) is 7.34. The number of piperidine rings is 1. The van der Waals surface area contributed by atoms with E-state index in [2.05, 4.69) is 10.6 Å². The second kappa shape index (κ2) is 2.07. The molecule has 70 valence electrons. The average Bonchev–Trinajstić information content (AvgIpc) is 2.43. The Morgan fingerprint density at radius 2 is 2.46 bits per heavy atom. The van der Waals surface area contributed by atoms with Crippen LogP contribution in [0.5, 0.6) is 0 Å². The fourth-order valence-electron chi connectivity index (χ4n) is 2.84. The van der Waals surface area contributed by atoms with Crippen molar-refractivity contribution < 1.29 is 4.79 Å². The number of hydrogen-bond acceptors (Lipinski definition) is 3. The molecule has 4 bridgehead atoms. The lowest BCUT2D eigenvalue weighted by atomic mass is 9.71. The number of amides is 1. The van der Waals surface area contributed by atoms with Gasteiger partial charge in [-0.1, -0.05) is 0 Å². The molecular formula is C9H13N3O. The van der Waals surface area contributed by atoms with Gasteiger partial charge in [-0.2, -0.15) is 0 Å². The van der Waals surface area contributed by atoms with Gasteiger partial charge in [0.15, 0.2) is 0 Å². The Labute approximate surface area is 76.6 Å². The van der Waals surface area contributed by atoms with E-state index in [1.54, 1.807) is 0 Å². The summed E-state index contributed by atoms with van der Waals surface area (Å²) in [5.74, 6) is 0.965. The maximum Gasteiger partial charge on any atom is 0.241 e. The summed E-state index contributed by atoms with van der Waals surface area (Å²) < 4.78 is 0. The van der Waals surface area contributed by atoms with Gasteiger partial charge in [0.2, 0.25) is 5.91 Å². The summed E-state index contributed by atoms with van der Waals surface area (Å²) in [5, 5.41) is 6.58. The van der Waals surface area contributed by atoms with Crippen LogP contribution in [0.3, 0.4) is 0 Å². The monoisotopic (exact) mass is 179 g/mol. The van der Waals surface area contributed by atoms with Crippen LogP contribution in [-0.2, 0) is 4.79 Å². The highest BCUT2D eigenvalue weighted by atomic mass is 16.1. The zero-order valence-electron chi connectivity index (χ0n) is 7.34. The standard InChI is InChI=1S/C9H13N3O/c10-8(13)9-1-5-3-11-7(2-9)6(5)4-12-9/h2,5-6,11-12H,1,3-4H2,(H2,10,13). The number of carbonyl (C=O) groups is 1. The van der Waals surface area contributed by atoms with E-state index >= 15 is 0 Å². The van der Waals surface area contributed by atoms with E-state index in [9.17, 15) is 4.79 Å². The molecule has 0 saturated carbocycles. The van der Waals surface area contributed by atoms with E-state index in [4.69, 9.17) is 5.73 Å². The lowest BCUT2D eigenvalue weighted by Crippen LogP contribution is -2.62. The van der Waals surface area contributed by atoms with Crippen LogP contribution in [0.4, 0.5) is 0 Å². The van der Waals surface area contributed by atoms with Crippen molar-refractivity contribution in [2.24, 2.45) is 17.6 Å². The number of carbonyl (C=O) groups excluding carboxylic acids is 1. The lowest BCUT2D eigenvalue weighted by molar-refractivity contribution is -0.124. The first-order valence-corrected chi connectivity index (χ1v) is 4.73. The minimum Gasteiger partial charge on any atom is -0.388 e. The Kier molecular flexibility index (Phi) is 1.17. The van der Waals surface area contributed by atoms with Crippen molar-refractivity contribution in [2.75, 3.05) is 13.1 Å². The van der Waals surface area contributed by atoms with Crippen LogP contribution in [-0.4, -0.2) is 24.5 Å². The molecule has 4 nitrogen and oxygen atoms in total. The number of nitrogens with one attached hydrogen (secondary N) is 2. The van der Waals surface area contributed by atoms with Crippen LogP contribution < -0.4 is 16.4 Å². The molecule has 3 heterocycles. The topological polar surface area (TPSA) is 67.2 Å². The summed E-state index contributed by atoms with van der Waals surface area (Å²) in [5.41, 5.74) is 6.10. The first kappa shape index (κ1) is 7.38. The molecule has 2 fully saturated rings. The van der Waals surface area contributed by atoms with E-state index in [1.165, 1.54) is 5.70 Å². The molecule has 1 aliphatic carbocycles. The molecular weight excluding hydrogens is 166 g/mol. The highest BCUT2D eigenvalue weighted by Crippen LogP contribution is 2.42. The highest BCUT2D eigenvalue weighted by Gasteiger charge is 2.51. The quantitative estimate of drug-likeness (QED) is 0.480. The Morgan fingerprint density at radius 1 is 1.62 bits per heavy atom. The van der Waals surface area contributed by atoms with Crippen LogP contribution in [0.1, 0.15) is 6.42 Å². The van der Waals surface area contributed by atoms with Crippen molar-refractivity contribution in [3.8, 4) is 0 Å². The Morgan fingerprint density at radius 3 is 3.15 bits per heavy atom. The molecule has 0 aromatic heterocycles. The molecule has 0 radical (unpaired) electrons. The van der Waals surface area contributed by atoms with E-state index in [0.717, 1.165) is 19.5 Å². The van der Waals surface area contributed by atoms with Crippen molar-refractivity contribution in [3.05, 3.63) is 11.8 Å². The van der Waals surface area contributed by atoms with Crippen molar-refractivity contribution in [2.45, 2.75) is 12.0 Å². The van der Waals surface area contributed by atoms with Crippen molar-refractivity contribution in [1.82, 2.24) is 10.6 Å². The third-order valence-corrected chi connectivity index (χ3v) is 3.60. The first-order valence-electron chi connectivity index (χ1n) is 4.73. The van der Waals surface area contributed by atoms with E-state index in [-0.39, 0.29) is 5.91 Å². The van der Waals surface area contributed by atoms with Crippen molar-refractivity contribution in [3.63, 3.8) is 0 Å². The number of primary amides is 1. The maximum absolute atomic E-state index is 11.3. The summed E-state index contributed by atoms with van der Waals surface area (Å²) in [6.45, 7) is 1.90. The zero-order chi connectivity index (χ0) is 9.05. The van der Waals surface area contributed by atoms with Crippen molar-refractivity contribution >= 4 is 5.91 Å². The molecule has 4 rings (SSSR count). The Hall–Kier alpha value is -1.03. The average molecular weight is 179 g/mol. The van der Waals surface area contributed by atoms with Gasteiger partial charge in [0.25, 0.3) is 0 Å². The maximum atomic E-state index is 11.3. The summed E-state index contributed by atoms with van der Waals surface area (Å²) in [7, 11) is 0. The Bertz CT molecular complexity index is 312. The Balaban J connectivity index is 2.09. The largest absolute Gasteiger partial charge is 0.388 e. The predicted octanol–water partition coefficient (Wildman–Crippen LogP) is -1.06. The van der Waals surface area contributed by atoms with Gasteiger partial charge in [0, 0.05) is 24.7 Å². The molecule has 2 saturated heterocycles. The molecule has 3 atom stereocenters. The molecule has 4 N–H and O–H groups in total. The van der Waals surface area contributed by atoms with Crippen molar-refractivity contribution in [1.29, 1.82) is 0 Å². The molecule has 1 amide bonds. The molecule has 3 aliphatic heterocycles. The van der Waals surface area contributed by atoms with Crippen LogP contribution in [0.25, 0.3) is 0 Å². The van der Waals surface area contributed by atoms with Gasteiger partial charge >= 0.3 is 0 Å². The van der Waals surface area contributed by atoms with Gasteiger partial charge in [-0.3, -0.25) is 10.1 Å². The molecule has 4 heteroatoms. The fraction of sp³-hybridized carbons (Fsp3) is 0.667. The minimum absolute atomic E-state index is 0.239. The van der Waals surface area contributed by atoms with Gasteiger partial charge in [0.1, 0.15) is 5.54 Å². The minimum atomic E-state index is -0.543. The molecule has 4 aliphatic rings. The SMILES string of the molecule is NC(=O)C12C=C3NCC(C1)C3CN2. The number of fused-ring (bicyclic) bond motifs is 1. The van der Waals surface area contributed by atoms with Crippen LogP contribution in [0, 0.1) is 11.8 Å². The smallest absolute Gasteiger partial charge is 0.241 e. The number of nitrogens with two attached hydrogens (primary N) is 1. The van der Waals surface area contributed by atoms with Crippen LogP contribution in [0.2, 0.25) is 0 Å². The van der Waals surface area contributed by atoms with Gasteiger partial charge < -0.3 is 11.1 Å². The van der Waals surface area contributed by atoms with Gasteiger partial charge in [-0.05, 0) is 18.4 Å².